The summed E-state index contributed by atoms with van der Waals surface area (Å²) in [5.74, 6) is 0.805. The fraction of sp³-hybridized carbons (Fsp3) is 0.583. The highest BCUT2D eigenvalue weighted by Crippen LogP contribution is 2.09. The van der Waals surface area contributed by atoms with E-state index >= 15 is 0 Å². The average molecular weight is 271 g/mol. The lowest BCUT2D eigenvalue weighted by molar-refractivity contribution is 0.527. The molecule has 1 aromatic rings. The Morgan fingerprint density at radius 3 is 2.87 bits per heavy atom. The van der Waals surface area contributed by atoms with Crippen LogP contribution in [0.15, 0.2) is 22.9 Å². The van der Waals surface area contributed by atoms with Crippen LogP contribution in [0.4, 0.5) is 0 Å². The van der Waals surface area contributed by atoms with Gasteiger partial charge in [-0.25, -0.2) is 0 Å². The number of nitrogens with zero attached hydrogens (tertiary/aromatic N) is 1. The third kappa shape index (κ3) is 5.90. The first-order chi connectivity index (χ1) is 7.18. The minimum Gasteiger partial charge on any atom is -0.313 e. The van der Waals surface area contributed by atoms with Gasteiger partial charge in [0.25, 0.3) is 0 Å². The highest BCUT2D eigenvalue weighted by atomic mass is 79.9. The SMILES string of the molecule is CC(C)CCCNCc1cncc(Br)c1. The van der Waals surface area contributed by atoms with Crippen molar-refractivity contribution in [3.8, 4) is 0 Å². The van der Waals surface area contributed by atoms with Gasteiger partial charge in [0.15, 0.2) is 0 Å². The summed E-state index contributed by atoms with van der Waals surface area (Å²) in [7, 11) is 0. The fourth-order valence-electron chi connectivity index (χ4n) is 1.42. The first kappa shape index (κ1) is 12.7. The molecule has 0 aliphatic carbocycles. The van der Waals surface area contributed by atoms with Gasteiger partial charge in [0, 0.05) is 23.4 Å². The van der Waals surface area contributed by atoms with Gasteiger partial charge in [0.2, 0.25) is 0 Å². The van der Waals surface area contributed by atoms with E-state index in [9.17, 15) is 0 Å². The molecule has 0 unspecified atom stereocenters. The standard InChI is InChI=1S/C12H19BrN2/c1-10(2)4-3-5-14-7-11-6-12(13)9-15-8-11/h6,8-10,14H,3-5,7H2,1-2H3. The summed E-state index contributed by atoms with van der Waals surface area (Å²) < 4.78 is 1.05. The number of halogens is 1. The third-order valence-corrected chi connectivity index (χ3v) is 2.66. The molecule has 0 aromatic carbocycles. The Labute approximate surface area is 101 Å². The average Bonchev–Trinajstić information content (AvgIpc) is 2.17. The molecule has 0 spiro atoms. The maximum Gasteiger partial charge on any atom is 0.0410 e. The van der Waals surface area contributed by atoms with Crippen LogP contribution in [-0.2, 0) is 6.54 Å². The van der Waals surface area contributed by atoms with Gasteiger partial charge in [-0.3, -0.25) is 4.98 Å². The van der Waals surface area contributed by atoms with Crippen LogP contribution in [0.5, 0.6) is 0 Å². The number of hydrogen-bond donors (Lipinski definition) is 1. The lowest BCUT2D eigenvalue weighted by Crippen LogP contribution is -2.15. The Kier molecular flexibility index (Phi) is 5.88. The predicted octanol–water partition coefficient (Wildman–Crippen LogP) is 3.37. The zero-order valence-electron chi connectivity index (χ0n) is 9.46. The second kappa shape index (κ2) is 6.96. The Morgan fingerprint density at radius 2 is 2.20 bits per heavy atom. The van der Waals surface area contributed by atoms with Gasteiger partial charge >= 0.3 is 0 Å². The highest BCUT2D eigenvalue weighted by Gasteiger charge is 1.96. The lowest BCUT2D eigenvalue weighted by Gasteiger charge is -2.06. The lowest BCUT2D eigenvalue weighted by atomic mass is 10.1. The van der Waals surface area contributed by atoms with Gasteiger partial charge in [0.1, 0.15) is 0 Å². The predicted molar refractivity (Wildman–Crippen MR) is 67.7 cm³/mol. The summed E-state index contributed by atoms with van der Waals surface area (Å²) >= 11 is 3.41. The molecule has 0 aliphatic heterocycles. The summed E-state index contributed by atoms with van der Waals surface area (Å²) in [5.41, 5.74) is 1.23. The quantitative estimate of drug-likeness (QED) is 0.802. The monoisotopic (exact) mass is 270 g/mol. The molecule has 3 heteroatoms. The second-order valence-corrected chi connectivity index (χ2v) is 5.14. The minimum atomic E-state index is 0.805. The third-order valence-electron chi connectivity index (χ3n) is 2.23. The topological polar surface area (TPSA) is 24.9 Å². The van der Waals surface area contributed by atoms with Crippen LogP contribution in [-0.4, -0.2) is 11.5 Å². The summed E-state index contributed by atoms with van der Waals surface area (Å²) in [6.07, 6.45) is 6.26. The summed E-state index contributed by atoms with van der Waals surface area (Å²) in [4.78, 5) is 4.12. The number of rotatable bonds is 6. The summed E-state index contributed by atoms with van der Waals surface area (Å²) in [6, 6.07) is 2.10. The molecule has 0 amide bonds. The Morgan fingerprint density at radius 1 is 1.40 bits per heavy atom. The van der Waals surface area contributed by atoms with E-state index in [2.05, 4.69) is 46.1 Å². The minimum absolute atomic E-state index is 0.805. The molecule has 0 bridgehead atoms. The van der Waals surface area contributed by atoms with Gasteiger partial charge in [-0.15, -0.1) is 0 Å². The molecule has 2 nitrogen and oxygen atoms in total. The molecule has 0 saturated carbocycles. The van der Waals surface area contributed by atoms with Crippen LogP contribution in [0, 0.1) is 5.92 Å². The van der Waals surface area contributed by atoms with Gasteiger partial charge in [-0.1, -0.05) is 13.8 Å². The number of pyridine rings is 1. The highest BCUT2D eigenvalue weighted by molar-refractivity contribution is 9.10. The molecule has 0 saturated heterocycles. The Hall–Kier alpha value is -0.410. The summed E-state index contributed by atoms with van der Waals surface area (Å²) in [5, 5.41) is 3.42. The van der Waals surface area contributed by atoms with Crippen molar-refractivity contribution in [1.29, 1.82) is 0 Å². The maximum absolute atomic E-state index is 4.12. The van der Waals surface area contributed by atoms with Gasteiger partial charge in [0.05, 0.1) is 0 Å². The van der Waals surface area contributed by atoms with Gasteiger partial charge in [-0.2, -0.15) is 0 Å². The van der Waals surface area contributed by atoms with E-state index in [0.717, 1.165) is 23.5 Å². The van der Waals surface area contributed by atoms with E-state index in [1.54, 1.807) is 0 Å². The van der Waals surface area contributed by atoms with E-state index in [-0.39, 0.29) is 0 Å². The van der Waals surface area contributed by atoms with E-state index in [4.69, 9.17) is 0 Å². The number of hydrogen-bond acceptors (Lipinski definition) is 2. The molecule has 0 radical (unpaired) electrons. The molecule has 1 heterocycles. The largest absolute Gasteiger partial charge is 0.313 e. The van der Waals surface area contributed by atoms with E-state index in [1.165, 1.54) is 18.4 Å². The van der Waals surface area contributed by atoms with Crippen molar-refractivity contribution < 1.29 is 0 Å². The zero-order valence-corrected chi connectivity index (χ0v) is 11.0. The van der Waals surface area contributed by atoms with Crippen LogP contribution < -0.4 is 5.32 Å². The van der Waals surface area contributed by atoms with Crippen LogP contribution >= 0.6 is 15.9 Å². The van der Waals surface area contributed by atoms with Crippen LogP contribution in [0.3, 0.4) is 0 Å². The van der Waals surface area contributed by atoms with Gasteiger partial charge in [-0.05, 0) is 52.9 Å². The van der Waals surface area contributed by atoms with Crippen LogP contribution in [0.25, 0.3) is 0 Å². The van der Waals surface area contributed by atoms with Crippen molar-refractivity contribution in [2.45, 2.75) is 33.2 Å². The van der Waals surface area contributed by atoms with Crippen molar-refractivity contribution in [2.24, 2.45) is 5.92 Å². The Balaban J connectivity index is 2.15. The smallest absolute Gasteiger partial charge is 0.0410 e. The van der Waals surface area contributed by atoms with E-state index in [0.29, 0.717) is 0 Å². The van der Waals surface area contributed by atoms with Crippen molar-refractivity contribution in [3.05, 3.63) is 28.5 Å². The van der Waals surface area contributed by atoms with Crippen molar-refractivity contribution in [2.75, 3.05) is 6.54 Å². The van der Waals surface area contributed by atoms with E-state index in [1.807, 2.05) is 12.4 Å². The molecule has 0 fully saturated rings. The van der Waals surface area contributed by atoms with E-state index < -0.39 is 0 Å². The van der Waals surface area contributed by atoms with Gasteiger partial charge < -0.3 is 5.32 Å². The first-order valence-electron chi connectivity index (χ1n) is 5.48. The normalized spacial score (nSPS) is 10.9. The molecule has 1 rings (SSSR count). The fourth-order valence-corrected chi connectivity index (χ4v) is 1.83. The molecule has 84 valence electrons. The molecule has 0 aliphatic rings. The zero-order chi connectivity index (χ0) is 11.1. The second-order valence-electron chi connectivity index (χ2n) is 4.22. The molecule has 0 atom stereocenters. The van der Waals surface area contributed by atoms with Crippen LogP contribution in [0.2, 0.25) is 0 Å². The molecular formula is C12H19BrN2. The van der Waals surface area contributed by atoms with Crippen LogP contribution in [0.1, 0.15) is 32.3 Å². The van der Waals surface area contributed by atoms with Crippen molar-refractivity contribution in [1.82, 2.24) is 10.3 Å². The number of nitrogens with one attached hydrogen (secondary N) is 1. The maximum atomic E-state index is 4.12. The number of aromatic nitrogens is 1. The molecule has 1 N–H and O–H groups in total. The summed E-state index contributed by atoms with van der Waals surface area (Å²) in [6.45, 7) is 6.52. The first-order valence-corrected chi connectivity index (χ1v) is 6.28. The molecular weight excluding hydrogens is 252 g/mol. The van der Waals surface area contributed by atoms with Crippen molar-refractivity contribution in [3.63, 3.8) is 0 Å². The van der Waals surface area contributed by atoms with Crippen molar-refractivity contribution >= 4 is 15.9 Å². The molecule has 15 heavy (non-hydrogen) atoms. The Bertz CT molecular complexity index is 287. The molecule has 1 aromatic heterocycles.